The molecule has 0 N–H and O–H groups in total. The van der Waals surface area contributed by atoms with Gasteiger partial charge in [-0.1, -0.05) is 72.8 Å². The summed E-state index contributed by atoms with van der Waals surface area (Å²) in [5, 5.41) is 0. The van der Waals surface area contributed by atoms with Gasteiger partial charge in [-0.3, -0.25) is 0 Å². The third-order valence-electron chi connectivity index (χ3n) is 6.13. The van der Waals surface area contributed by atoms with Crippen LogP contribution in [0.25, 0.3) is 0 Å². The minimum Gasteiger partial charge on any atom is -1.00 e. The van der Waals surface area contributed by atoms with Crippen LogP contribution in [0.4, 0.5) is 22.7 Å². The second-order valence-corrected chi connectivity index (χ2v) is 11.4. The Kier molecular flexibility index (Phi) is 8.81. The number of para-hydroxylation sites is 4. The van der Waals surface area contributed by atoms with Gasteiger partial charge in [0.15, 0.2) is 0 Å². The van der Waals surface area contributed by atoms with E-state index in [0.29, 0.717) is 0 Å². The Morgan fingerprint density at radius 1 is 0.353 bits per heavy atom. The van der Waals surface area contributed by atoms with Crippen molar-refractivity contribution in [2.75, 3.05) is 46.9 Å². The van der Waals surface area contributed by atoms with E-state index in [1.54, 1.807) is 0 Å². The number of nitrogens with zero attached hydrogens (tertiary/aromatic N) is 4. The molecule has 0 bridgehead atoms. The lowest BCUT2D eigenvalue weighted by atomic mass is 10.3. The van der Waals surface area contributed by atoms with Crippen LogP contribution < -0.4 is 42.7 Å². The minimum absolute atomic E-state index is 0. The van der Waals surface area contributed by atoms with Crippen LogP contribution in [0.5, 0.6) is 0 Å². The first kappa shape index (κ1) is 25.9. The van der Waals surface area contributed by atoms with Crippen molar-refractivity contribution in [3.05, 3.63) is 121 Å². The van der Waals surface area contributed by atoms with Gasteiger partial charge in [0, 0.05) is 28.2 Å². The highest BCUT2D eigenvalue weighted by molar-refractivity contribution is 7.81. The molecule has 0 amide bonds. The molecular formula is C28H32IN4P. The first-order chi connectivity index (χ1) is 16.1. The third-order valence-corrected chi connectivity index (χ3v) is 10.3. The lowest BCUT2D eigenvalue weighted by Gasteiger charge is -2.49. The standard InChI is InChI=1S/C28H32N4P.HI/c1-29(25-17-9-5-10-18-25)33(30(2)26-19-11-6-12-20-26,31(3)27-21-13-7-14-22-27)32(4)28-23-15-8-16-24-28;/h5-24H,1-4H3;1H/q+1;/p-1. The average Bonchev–Trinajstić information content (AvgIpc) is 2.90. The van der Waals surface area contributed by atoms with E-state index < -0.39 is 7.87 Å². The van der Waals surface area contributed by atoms with Crippen molar-refractivity contribution in [2.45, 2.75) is 0 Å². The predicted molar refractivity (Wildman–Crippen MR) is 146 cm³/mol. The van der Waals surface area contributed by atoms with Crippen molar-refractivity contribution in [3.8, 4) is 0 Å². The Morgan fingerprint density at radius 2 is 0.529 bits per heavy atom. The van der Waals surface area contributed by atoms with Gasteiger partial charge in [-0.05, 0) is 48.5 Å². The zero-order chi connectivity index (χ0) is 23.3. The molecule has 0 saturated heterocycles. The highest BCUT2D eigenvalue weighted by Crippen LogP contribution is 2.71. The Bertz CT molecular complexity index is 943. The van der Waals surface area contributed by atoms with Crippen molar-refractivity contribution in [2.24, 2.45) is 0 Å². The van der Waals surface area contributed by atoms with Gasteiger partial charge >= 0.3 is 7.87 Å². The summed E-state index contributed by atoms with van der Waals surface area (Å²) in [7, 11) is 6.42. The average molecular weight is 582 g/mol. The van der Waals surface area contributed by atoms with Crippen LogP contribution in [-0.4, -0.2) is 28.2 Å². The first-order valence-electron chi connectivity index (χ1n) is 11.1. The predicted octanol–water partition coefficient (Wildman–Crippen LogP) is 4.21. The summed E-state index contributed by atoms with van der Waals surface area (Å²) in [4.78, 5) is 0. The molecule has 0 aliphatic carbocycles. The highest BCUT2D eigenvalue weighted by atomic mass is 127. The third kappa shape index (κ3) is 4.86. The first-order valence-corrected chi connectivity index (χ1v) is 12.7. The normalized spacial score (nSPS) is 10.7. The van der Waals surface area contributed by atoms with Gasteiger partial charge in [0.25, 0.3) is 0 Å². The van der Waals surface area contributed by atoms with Crippen molar-refractivity contribution in [1.82, 2.24) is 0 Å². The molecule has 0 fully saturated rings. The van der Waals surface area contributed by atoms with Crippen LogP contribution in [0, 0.1) is 0 Å². The summed E-state index contributed by atoms with van der Waals surface area (Å²) >= 11 is 0. The molecule has 6 heteroatoms. The maximum absolute atomic E-state index is 2.44. The van der Waals surface area contributed by atoms with E-state index in [-0.39, 0.29) is 24.0 Å². The monoisotopic (exact) mass is 582 g/mol. The molecule has 176 valence electrons. The fraction of sp³-hybridized carbons (Fsp3) is 0.143. The van der Waals surface area contributed by atoms with Gasteiger partial charge in [0.1, 0.15) is 0 Å². The van der Waals surface area contributed by atoms with Crippen LogP contribution >= 0.6 is 7.87 Å². The van der Waals surface area contributed by atoms with E-state index in [2.05, 4.69) is 168 Å². The molecule has 0 atom stereocenters. The number of rotatable bonds is 8. The summed E-state index contributed by atoms with van der Waals surface area (Å²) < 4.78 is 9.78. The van der Waals surface area contributed by atoms with E-state index in [1.165, 1.54) is 22.7 Å². The van der Waals surface area contributed by atoms with Gasteiger partial charge < -0.3 is 24.0 Å². The van der Waals surface area contributed by atoms with Crippen LogP contribution in [0.1, 0.15) is 0 Å². The molecule has 0 aliphatic heterocycles. The summed E-state index contributed by atoms with van der Waals surface area (Å²) in [5.41, 5.74) is 4.66. The van der Waals surface area contributed by atoms with Crippen LogP contribution in [-0.2, 0) is 0 Å². The summed E-state index contributed by atoms with van der Waals surface area (Å²) in [6.07, 6.45) is 0. The molecule has 0 aliphatic rings. The summed E-state index contributed by atoms with van der Waals surface area (Å²) in [6, 6.07) is 42.6. The number of anilines is 4. The second-order valence-electron chi connectivity index (χ2n) is 7.97. The molecule has 34 heavy (non-hydrogen) atoms. The fourth-order valence-corrected chi connectivity index (χ4v) is 8.59. The van der Waals surface area contributed by atoms with Gasteiger partial charge in [-0.15, -0.1) is 0 Å². The molecule has 0 unspecified atom stereocenters. The molecule has 0 heterocycles. The van der Waals surface area contributed by atoms with Gasteiger partial charge in [0.05, 0.1) is 22.7 Å². The van der Waals surface area contributed by atoms with Crippen LogP contribution in [0.3, 0.4) is 0 Å². The molecule has 0 spiro atoms. The Hall–Kier alpha value is -2.76. The quantitative estimate of drug-likeness (QED) is 0.228. The second kappa shape index (κ2) is 11.6. The van der Waals surface area contributed by atoms with Gasteiger partial charge in [-0.2, -0.15) is 18.7 Å². The fourth-order valence-electron chi connectivity index (χ4n) is 4.40. The number of benzene rings is 4. The van der Waals surface area contributed by atoms with Crippen LogP contribution in [0.2, 0.25) is 0 Å². The minimum atomic E-state index is -2.41. The molecule has 0 saturated carbocycles. The van der Waals surface area contributed by atoms with E-state index in [4.69, 9.17) is 0 Å². The van der Waals surface area contributed by atoms with Gasteiger partial charge in [0.2, 0.25) is 0 Å². The van der Waals surface area contributed by atoms with E-state index in [1.807, 2.05) is 0 Å². The molecule has 4 aromatic carbocycles. The van der Waals surface area contributed by atoms with Crippen molar-refractivity contribution in [3.63, 3.8) is 0 Å². The van der Waals surface area contributed by atoms with Gasteiger partial charge in [-0.25, -0.2) is 0 Å². The summed E-state index contributed by atoms with van der Waals surface area (Å²) in [5.74, 6) is 0. The highest BCUT2D eigenvalue weighted by Gasteiger charge is 2.58. The summed E-state index contributed by atoms with van der Waals surface area (Å²) in [6.45, 7) is 0. The van der Waals surface area contributed by atoms with Crippen molar-refractivity contribution >= 4 is 30.6 Å². The van der Waals surface area contributed by atoms with E-state index >= 15 is 0 Å². The molecule has 0 radical (unpaired) electrons. The molecule has 4 aromatic rings. The van der Waals surface area contributed by atoms with Crippen LogP contribution in [0.15, 0.2) is 121 Å². The largest absolute Gasteiger partial charge is 1.00 e. The Morgan fingerprint density at radius 3 is 0.706 bits per heavy atom. The topological polar surface area (TPSA) is 13.0 Å². The van der Waals surface area contributed by atoms with Crippen molar-refractivity contribution < 1.29 is 24.0 Å². The van der Waals surface area contributed by atoms with E-state index in [9.17, 15) is 0 Å². The molecular weight excluding hydrogens is 550 g/mol. The van der Waals surface area contributed by atoms with Crippen molar-refractivity contribution in [1.29, 1.82) is 0 Å². The molecule has 4 nitrogen and oxygen atoms in total. The lowest BCUT2D eigenvalue weighted by molar-refractivity contribution is -0.00000656. The lowest BCUT2D eigenvalue weighted by Crippen LogP contribution is -3.00. The molecule has 4 rings (SSSR count). The number of hydrogen-bond acceptors (Lipinski definition) is 4. The zero-order valence-electron chi connectivity index (χ0n) is 20.2. The molecule has 0 aromatic heterocycles. The Balaban J connectivity index is 0.00000324. The number of hydrogen-bond donors (Lipinski definition) is 0. The van der Waals surface area contributed by atoms with E-state index in [0.717, 1.165) is 0 Å². The Labute approximate surface area is 222 Å². The number of halogens is 1. The smallest absolute Gasteiger partial charge is 0.404 e. The maximum atomic E-state index is 2.44. The zero-order valence-corrected chi connectivity index (χ0v) is 23.2. The SMILES string of the molecule is CN(c1ccccc1)[P+](N(C)c1ccccc1)(N(C)c1ccccc1)N(C)c1ccccc1.[I-]. The maximum Gasteiger partial charge on any atom is 0.404 e.